The highest BCUT2D eigenvalue weighted by atomic mass is 16.5. The van der Waals surface area contributed by atoms with E-state index in [1.807, 2.05) is 0 Å². The van der Waals surface area contributed by atoms with Crippen molar-refractivity contribution in [3.05, 3.63) is 0 Å². The highest BCUT2D eigenvalue weighted by Gasteiger charge is 1.90. The predicted molar refractivity (Wildman–Crippen MR) is 49.0 cm³/mol. The first-order valence-corrected chi connectivity index (χ1v) is 4.59. The summed E-state index contributed by atoms with van der Waals surface area (Å²) in [5.74, 6) is 0.00663. The molecule has 12 heavy (non-hydrogen) atoms. The lowest BCUT2D eigenvalue weighted by molar-refractivity contribution is -0.119. The van der Waals surface area contributed by atoms with E-state index in [1.54, 1.807) is 0 Å². The summed E-state index contributed by atoms with van der Waals surface area (Å²) in [7, 11) is 0. The number of ether oxygens (including phenoxy) is 1. The van der Waals surface area contributed by atoms with Crippen molar-refractivity contribution in [3.8, 4) is 0 Å². The van der Waals surface area contributed by atoms with Crippen molar-refractivity contribution >= 4 is 5.91 Å². The number of hydrogen-bond donors (Lipinski definition) is 1. The largest absolute Gasteiger partial charge is 0.380 e. The molecule has 0 aromatic rings. The van der Waals surface area contributed by atoms with E-state index in [-0.39, 0.29) is 5.91 Å². The fourth-order valence-corrected chi connectivity index (χ4v) is 0.855. The minimum Gasteiger partial charge on any atom is -0.380 e. The molecule has 0 bridgehead atoms. The second kappa shape index (κ2) is 8.53. The zero-order valence-corrected chi connectivity index (χ0v) is 8.06. The normalized spacial score (nSPS) is 9.83. The summed E-state index contributed by atoms with van der Waals surface area (Å²) < 4.78 is 5.27. The number of rotatable bonds is 7. The number of amides is 1. The summed E-state index contributed by atoms with van der Waals surface area (Å²) in [5.41, 5.74) is 0. The van der Waals surface area contributed by atoms with Crippen LogP contribution in [-0.2, 0) is 9.53 Å². The standard InChI is InChI=1S/C9H19NO2/c1-3-4-5-7-12-8-6-10-9(2)11/h3-8H2,1-2H3,(H,10,11). The Labute approximate surface area is 74.5 Å². The lowest BCUT2D eigenvalue weighted by atomic mass is 10.3. The topological polar surface area (TPSA) is 38.3 Å². The van der Waals surface area contributed by atoms with Gasteiger partial charge in [-0.2, -0.15) is 0 Å². The summed E-state index contributed by atoms with van der Waals surface area (Å²) in [6, 6.07) is 0. The Bertz CT molecular complexity index is 115. The quantitative estimate of drug-likeness (QED) is 0.590. The van der Waals surface area contributed by atoms with Crippen LogP contribution in [0.5, 0.6) is 0 Å². The van der Waals surface area contributed by atoms with Crippen LogP contribution in [0.1, 0.15) is 33.1 Å². The van der Waals surface area contributed by atoms with Gasteiger partial charge in [-0.1, -0.05) is 19.8 Å². The molecule has 0 fully saturated rings. The lowest BCUT2D eigenvalue weighted by Gasteiger charge is -2.03. The summed E-state index contributed by atoms with van der Waals surface area (Å²) >= 11 is 0. The van der Waals surface area contributed by atoms with Gasteiger partial charge >= 0.3 is 0 Å². The summed E-state index contributed by atoms with van der Waals surface area (Å²) in [5, 5.41) is 2.67. The number of hydrogen-bond acceptors (Lipinski definition) is 2. The van der Waals surface area contributed by atoms with Crippen LogP contribution < -0.4 is 5.32 Å². The SMILES string of the molecule is CCCCCOCCNC(C)=O. The summed E-state index contributed by atoms with van der Waals surface area (Å²) in [6.07, 6.45) is 3.56. The van der Waals surface area contributed by atoms with Crippen LogP contribution in [-0.4, -0.2) is 25.7 Å². The smallest absolute Gasteiger partial charge is 0.216 e. The molecule has 1 amide bonds. The van der Waals surface area contributed by atoms with Crippen molar-refractivity contribution in [1.29, 1.82) is 0 Å². The molecule has 0 aliphatic heterocycles. The van der Waals surface area contributed by atoms with Crippen LogP contribution >= 0.6 is 0 Å². The maximum Gasteiger partial charge on any atom is 0.216 e. The molecule has 0 heterocycles. The van der Waals surface area contributed by atoms with Crippen molar-refractivity contribution in [2.45, 2.75) is 33.1 Å². The molecule has 0 aliphatic carbocycles. The van der Waals surface area contributed by atoms with Gasteiger partial charge in [-0.3, -0.25) is 4.79 Å². The lowest BCUT2D eigenvalue weighted by Crippen LogP contribution is -2.24. The molecule has 0 saturated carbocycles. The molecule has 3 heteroatoms. The van der Waals surface area contributed by atoms with E-state index in [9.17, 15) is 4.79 Å². The average molecular weight is 173 g/mol. The van der Waals surface area contributed by atoms with Crippen LogP contribution in [0, 0.1) is 0 Å². The Balaban J connectivity index is 2.86. The Hall–Kier alpha value is -0.570. The van der Waals surface area contributed by atoms with Gasteiger partial charge in [-0.25, -0.2) is 0 Å². The van der Waals surface area contributed by atoms with Crippen molar-refractivity contribution < 1.29 is 9.53 Å². The molecule has 0 atom stereocenters. The third kappa shape index (κ3) is 9.43. The Morgan fingerprint density at radius 3 is 2.67 bits per heavy atom. The molecule has 0 aromatic heterocycles. The van der Waals surface area contributed by atoms with Crippen molar-refractivity contribution in [1.82, 2.24) is 5.32 Å². The van der Waals surface area contributed by atoms with Crippen LogP contribution in [0.25, 0.3) is 0 Å². The van der Waals surface area contributed by atoms with Crippen molar-refractivity contribution in [2.24, 2.45) is 0 Å². The Morgan fingerprint density at radius 1 is 1.33 bits per heavy atom. The summed E-state index contributed by atoms with van der Waals surface area (Å²) in [4.78, 5) is 10.4. The van der Waals surface area contributed by atoms with E-state index in [4.69, 9.17) is 4.74 Å². The highest BCUT2D eigenvalue weighted by Crippen LogP contribution is 1.93. The molecule has 0 radical (unpaired) electrons. The van der Waals surface area contributed by atoms with Crippen molar-refractivity contribution in [2.75, 3.05) is 19.8 Å². The highest BCUT2D eigenvalue weighted by molar-refractivity contribution is 5.72. The van der Waals surface area contributed by atoms with Gasteiger partial charge in [0.05, 0.1) is 6.61 Å². The Kier molecular flexibility index (Phi) is 8.12. The van der Waals surface area contributed by atoms with Gasteiger partial charge in [0.25, 0.3) is 0 Å². The molecule has 0 aliphatic rings. The van der Waals surface area contributed by atoms with Gasteiger partial charge in [0, 0.05) is 20.1 Å². The van der Waals surface area contributed by atoms with E-state index in [0.717, 1.165) is 13.0 Å². The van der Waals surface area contributed by atoms with E-state index in [2.05, 4.69) is 12.2 Å². The maximum atomic E-state index is 10.4. The average Bonchev–Trinajstić information content (AvgIpc) is 2.02. The second-order valence-electron chi connectivity index (χ2n) is 2.80. The minimum atomic E-state index is 0.00663. The molecular weight excluding hydrogens is 154 g/mol. The zero-order chi connectivity index (χ0) is 9.23. The molecule has 72 valence electrons. The molecule has 1 N–H and O–H groups in total. The van der Waals surface area contributed by atoms with Crippen LogP contribution in [0.2, 0.25) is 0 Å². The number of carbonyl (C=O) groups is 1. The zero-order valence-electron chi connectivity index (χ0n) is 8.06. The molecule has 0 saturated heterocycles. The molecule has 0 aromatic carbocycles. The predicted octanol–water partition coefficient (Wildman–Crippen LogP) is 1.33. The van der Waals surface area contributed by atoms with Gasteiger partial charge in [-0.05, 0) is 6.42 Å². The van der Waals surface area contributed by atoms with Crippen molar-refractivity contribution in [3.63, 3.8) is 0 Å². The number of unbranched alkanes of at least 4 members (excludes halogenated alkanes) is 2. The number of carbonyl (C=O) groups excluding carboxylic acids is 1. The van der Waals surface area contributed by atoms with Crippen LogP contribution in [0.15, 0.2) is 0 Å². The van der Waals surface area contributed by atoms with E-state index < -0.39 is 0 Å². The molecule has 0 rings (SSSR count). The third-order valence-electron chi connectivity index (χ3n) is 1.51. The van der Waals surface area contributed by atoms with Crippen LogP contribution in [0.4, 0.5) is 0 Å². The van der Waals surface area contributed by atoms with E-state index in [0.29, 0.717) is 13.2 Å². The number of nitrogens with one attached hydrogen (secondary N) is 1. The molecule has 3 nitrogen and oxygen atoms in total. The minimum absolute atomic E-state index is 0.00663. The maximum absolute atomic E-state index is 10.4. The fraction of sp³-hybridized carbons (Fsp3) is 0.889. The first-order valence-electron chi connectivity index (χ1n) is 4.59. The molecule has 0 unspecified atom stereocenters. The Morgan fingerprint density at radius 2 is 2.08 bits per heavy atom. The first-order chi connectivity index (χ1) is 5.77. The first kappa shape index (κ1) is 11.4. The van der Waals surface area contributed by atoms with Gasteiger partial charge in [0.2, 0.25) is 5.91 Å². The van der Waals surface area contributed by atoms with Gasteiger partial charge < -0.3 is 10.1 Å². The third-order valence-corrected chi connectivity index (χ3v) is 1.51. The van der Waals surface area contributed by atoms with E-state index >= 15 is 0 Å². The summed E-state index contributed by atoms with van der Waals surface area (Å²) in [6.45, 7) is 5.74. The van der Waals surface area contributed by atoms with Gasteiger partial charge in [-0.15, -0.1) is 0 Å². The van der Waals surface area contributed by atoms with Crippen LogP contribution in [0.3, 0.4) is 0 Å². The second-order valence-corrected chi connectivity index (χ2v) is 2.80. The monoisotopic (exact) mass is 173 g/mol. The van der Waals surface area contributed by atoms with Gasteiger partial charge in [0.1, 0.15) is 0 Å². The molecule has 0 spiro atoms. The van der Waals surface area contributed by atoms with Gasteiger partial charge in [0.15, 0.2) is 0 Å². The fourth-order valence-electron chi connectivity index (χ4n) is 0.855. The molecular formula is C9H19NO2. The van der Waals surface area contributed by atoms with E-state index in [1.165, 1.54) is 19.8 Å².